The summed E-state index contributed by atoms with van der Waals surface area (Å²) in [7, 11) is 0. The van der Waals surface area contributed by atoms with Crippen molar-refractivity contribution in [3.05, 3.63) is 35.9 Å². The van der Waals surface area contributed by atoms with E-state index in [-0.39, 0.29) is 72.0 Å². The average molecular weight is 252 g/mol. The van der Waals surface area contributed by atoms with E-state index >= 15 is 0 Å². The molecule has 0 saturated heterocycles. The van der Waals surface area contributed by atoms with Gasteiger partial charge in [-0.25, -0.2) is 0 Å². The average Bonchev–Trinajstić information content (AvgIpc) is 2.18. The molecule has 1 aromatic carbocycles. The Balaban J connectivity index is 0. The van der Waals surface area contributed by atoms with Crippen LogP contribution in [0.25, 0.3) is 0 Å². The molecule has 0 N–H and O–H groups in total. The van der Waals surface area contributed by atoms with Crippen molar-refractivity contribution in [1.29, 1.82) is 0 Å². The van der Waals surface area contributed by atoms with E-state index in [1.807, 2.05) is 0 Å². The number of carboxylic acids is 2. The van der Waals surface area contributed by atoms with Gasteiger partial charge < -0.3 is 19.8 Å². The van der Waals surface area contributed by atoms with Crippen LogP contribution in [0.3, 0.4) is 0 Å². The van der Waals surface area contributed by atoms with E-state index in [1.54, 1.807) is 30.3 Å². The fraction of sp³-hybridized carbons (Fsp3) is 0.273. The largest absolute Gasteiger partial charge is 1.00 e. The van der Waals surface area contributed by atoms with Gasteiger partial charge in [-0.1, -0.05) is 30.3 Å². The zero-order valence-electron chi connectivity index (χ0n) is 10.0. The molecule has 17 heavy (non-hydrogen) atoms. The predicted octanol–water partition coefficient (Wildman–Crippen LogP) is -6.94. The van der Waals surface area contributed by atoms with Crippen LogP contribution in [0.15, 0.2) is 30.3 Å². The Morgan fingerprint density at radius 3 is 2.00 bits per heavy atom. The first-order chi connectivity index (χ1) is 7.11. The van der Waals surface area contributed by atoms with E-state index in [4.69, 9.17) is 0 Å². The van der Waals surface area contributed by atoms with E-state index < -0.39 is 17.9 Å². The molecule has 0 aliphatic carbocycles. The first-order valence-corrected chi connectivity index (χ1v) is 4.57. The van der Waals surface area contributed by atoms with Gasteiger partial charge >= 0.3 is 59.1 Å². The fourth-order valence-corrected chi connectivity index (χ4v) is 1.37. The molecule has 0 fully saturated rings. The van der Waals surface area contributed by atoms with Gasteiger partial charge in [-0.05, 0) is 18.4 Å². The first kappa shape index (κ1) is 19.5. The van der Waals surface area contributed by atoms with Crippen LogP contribution in [-0.2, 0) is 9.59 Å². The van der Waals surface area contributed by atoms with Gasteiger partial charge in [-0.15, -0.1) is 0 Å². The molecule has 0 saturated carbocycles. The summed E-state index contributed by atoms with van der Waals surface area (Å²) in [6, 6.07) is 8.43. The van der Waals surface area contributed by atoms with Crippen molar-refractivity contribution < 1.29 is 78.9 Å². The summed E-state index contributed by atoms with van der Waals surface area (Å²) in [5, 5.41) is 21.0. The Kier molecular flexibility index (Phi) is 11.6. The number of aliphatic carboxylic acids is 2. The van der Waals surface area contributed by atoms with Crippen molar-refractivity contribution in [2.24, 2.45) is 0 Å². The topological polar surface area (TPSA) is 80.3 Å². The molecule has 0 heterocycles. The second-order valence-electron chi connectivity index (χ2n) is 3.19. The third-order valence-corrected chi connectivity index (χ3v) is 2.12. The van der Waals surface area contributed by atoms with Gasteiger partial charge in [0.15, 0.2) is 0 Å². The Hall–Kier alpha value is 0.160. The predicted molar refractivity (Wildman–Crippen MR) is 48.4 cm³/mol. The van der Waals surface area contributed by atoms with Crippen LogP contribution in [0.1, 0.15) is 24.3 Å². The number of rotatable bonds is 5. The monoisotopic (exact) mass is 252 g/mol. The maximum Gasteiger partial charge on any atom is 1.00 e. The van der Waals surface area contributed by atoms with E-state index in [0.29, 0.717) is 5.56 Å². The van der Waals surface area contributed by atoms with Gasteiger partial charge in [-0.3, -0.25) is 0 Å². The smallest absolute Gasteiger partial charge is 0.550 e. The quantitative estimate of drug-likeness (QED) is 0.488. The van der Waals surface area contributed by atoms with E-state index in [0.717, 1.165) is 0 Å². The van der Waals surface area contributed by atoms with Crippen LogP contribution in [0.5, 0.6) is 0 Å². The number of hydrogen-bond acceptors (Lipinski definition) is 4. The third-order valence-electron chi connectivity index (χ3n) is 2.12. The number of hydrogen-bond donors (Lipinski definition) is 0. The van der Waals surface area contributed by atoms with Gasteiger partial charge in [0.25, 0.3) is 0 Å². The van der Waals surface area contributed by atoms with Gasteiger partial charge in [0.1, 0.15) is 0 Å². The van der Waals surface area contributed by atoms with Crippen molar-refractivity contribution in [3.63, 3.8) is 0 Å². The standard InChI is InChI=1S/C11H12O4.2Na/c12-10(13)7-6-9(11(14)15)8-4-2-1-3-5-8;;/h1-5,9H,6-7H2,(H,12,13)(H,14,15);;/q;2*+1/p-2/t9-;;/m1../s1. The summed E-state index contributed by atoms with van der Waals surface area (Å²) in [5.41, 5.74) is 0.554. The molecular formula is C11H10Na2O4. The van der Waals surface area contributed by atoms with Crippen LogP contribution in [-0.4, -0.2) is 11.9 Å². The van der Waals surface area contributed by atoms with E-state index in [9.17, 15) is 19.8 Å². The fourth-order valence-electron chi connectivity index (χ4n) is 1.37. The minimum atomic E-state index is -1.26. The zero-order chi connectivity index (χ0) is 11.3. The van der Waals surface area contributed by atoms with Crippen molar-refractivity contribution in [2.75, 3.05) is 0 Å². The summed E-state index contributed by atoms with van der Waals surface area (Å²) < 4.78 is 0. The SMILES string of the molecule is O=C([O-])CC[C@@H](C(=O)[O-])c1ccccc1.[Na+].[Na+]. The van der Waals surface area contributed by atoms with Crippen molar-refractivity contribution in [1.82, 2.24) is 0 Å². The molecule has 1 rings (SSSR count). The summed E-state index contributed by atoms with van der Waals surface area (Å²) in [6.45, 7) is 0. The van der Waals surface area contributed by atoms with Crippen LogP contribution < -0.4 is 69.3 Å². The van der Waals surface area contributed by atoms with Crippen molar-refractivity contribution in [3.8, 4) is 0 Å². The van der Waals surface area contributed by atoms with Crippen LogP contribution in [0.4, 0.5) is 0 Å². The first-order valence-electron chi connectivity index (χ1n) is 4.57. The van der Waals surface area contributed by atoms with Crippen molar-refractivity contribution in [2.45, 2.75) is 18.8 Å². The second kappa shape index (κ2) is 10.1. The molecule has 0 spiro atoms. The van der Waals surface area contributed by atoms with Crippen molar-refractivity contribution >= 4 is 11.9 Å². The number of carbonyl (C=O) groups is 2. The Morgan fingerprint density at radius 1 is 1.06 bits per heavy atom. The molecular weight excluding hydrogens is 242 g/mol. The molecule has 80 valence electrons. The van der Waals surface area contributed by atoms with Gasteiger partial charge in [0.2, 0.25) is 0 Å². The van der Waals surface area contributed by atoms with Gasteiger partial charge in [0, 0.05) is 17.9 Å². The number of benzene rings is 1. The molecule has 4 nitrogen and oxygen atoms in total. The molecule has 0 aliphatic heterocycles. The molecule has 0 aromatic heterocycles. The molecule has 0 radical (unpaired) electrons. The Bertz CT molecular complexity index is 354. The maximum absolute atomic E-state index is 10.8. The molecule has 0 aliphatic rings. The Labute approximate surface area is 144 Å². The minimum Gasteiger partial charge on any atom is -0.550 e. The number of carbonyl (C=O) groups excluding carboxylic acids is 2. The molecule has 6 heteroatoms. The summed E-state index contributed by atoms with van der Waals surface area (Å²) in [5.74, 6) is -3.40. The zero-order valence-corrected chi connectivity index (χ0v) is 14.0. The van der Waals surface area contributed by atoms with Crippen LogP contribution in [0.2, 0.25) is 0 Å². The van der Waals surface area contributed by atoms with Crippen LogP contribution >= 0.6 is 0 Å². The molecule has 0 unspecified atom stereocenters. The van der Waals surface area contributed by atoms with Gasteiger partial charge in [0.05, 0.1) is 0 Å². The summed E-state index contributed by atoms with van der Waals surface area (Å²) >= 11 is 0. The molecule has 1 atom stereocenters. The second-order valence-corrected chi connectivity index (χ2v) is 3.19. The Morgan fingerprint density at radius 2 is 1.59 bits per heavy atom. The molecule has 1 aromatic rings. The third kappa shape index (κ3) is 7.24. The maximum atomic E-state index is 10.8. The number of carboxylic acid groups (broad SMARTS) is 2. The summed E-state index contributed by atoms with van der Waals surface area (Å²) in [4.78, 5) is 21.0. The molecule has 0 amide bonds. The minimum absolute atomic E-state index is 0. The van der Waals surface area contributed by atoms with E-state index in [1.165, 1.54) is 0 Å². The van der Waals surface area contributed by atoms with Crippen LogP contribution in [0, 0.1) is 0 Å². The normalized spacial score (nSPS) is 10.6. The summed E-state index contributed by atoms with van der Waals surface area (Å²) in [6.07, 6.45) is -0.289. The van der Waals surface area contributed by atoms with Gasteiger partial charge in [-0.2, -0.15) is 0 Å². The molecule has 0 bridgehead atoms. The van der Waals surface area contributed by atoms with E-state index in [2.05, 4.69) is 0 Å².